The van der Waals surface area contributed by atoms with E-state index in [1.54, 1.807) is 6.26 Å². The number of thiazole rings is 1. The standard InChI is InChI=1S/C20H22N2O2S/c1-14(2)11-17(15-7-4-3-5-8-15)22-19(23)12-16-13-25-20(21-16)18-9-6-10-24-18/h3-10,13-14,17H,11-12H2,1-2H3,(H,22,23). The molecule has 0 aliphatic heterocycles. The summed E-state index contributed by atoms with van der Waals surface area (Å²) in [5, 5.41) is 5.87. The number of carbonyl (C=O) groups is 1. The molecule has 4 nitrogen and oxygen atoms in total. The largest absolute Gasteiger partial charge is 0.462 e. The van der Waals surface area contributed by atoms with Crippen LogP contribution in [0.15, 0.2) is 58.5 Å². The minimum atomic E-state index is -0.00852. The van der Waals surface area contributed by atoms with Crippen LogP contribution in [0.3, 0.4) is 0 Å². The van der Waals surface area contributed by atoms with E-state index in [4.69, 9.17) is 4.42 Å². The fraction of sp³-hybridized carbons (Fsp3) is 0.300. The Bertz CT molecular complexity index is 794. The fourth-order valence-electron chi connectivity index (χ4n) is 2.75. The number of aromatic nitrogens is 1. The van der Waals surface area contributed by atoms with Gasteiger partial charge in [0.1, 0.15) is 0 Å². The molecule has 1 atom stereocenters. The van der Waals surface area contributed by atoms with Gasteiger partial charge in [-0.1, -0.05) is 44.2 Å². The van der Waals surface area contributed by atoms with Crippen LogP contribution in [-0.2, 0) is 11.2 Å². The number of carbonyl (C=O) groups excluding carboxylic acids is 1. The molecule has 0 spiro atoms. The van der Waals surface area contributed by atoms with Crippen molar-refractivity contribution in [2.24, 2.45) is 5.92 Å². The Balaban J connectivity index is 1.65. The minimum absolute atomic E-state index is 0.00852. The van der Waals surface area contributed by atoms with E-state index >= 15 is 0 Å². The number of rotatable bonds is 7. The summed E-state index contributed by atoms with van der Waals surface area (Å²) in [5.74, 6) is 1.22. The first-order valence-electron chi connectivity index (χ1n) is 8.44. The van der Waals surface area contributed by atoms with Gasteiger partial charge in [0.2, 0.25) is 5.91 Å². The van der Waals surface area contributed by atoms with Crippen molar-refractivity contribution in [1.82, 2.24) is 10.3 Å². The van der Waals surface area contributed by atoms with Crippen LogP contribution in [-0.4, -0.2) is 10.9 Å². The van der Waals surface area contributed by atoms with Gasteiger partial charge in [0.05, 0.1) is 24.4 Å². The maximum Gasteiger partial charge on any atom is 0.226 e. The third kappa shape index (κ3) is 4.79. The highest BCUT2D eigenvalue weighted by Crippen LogP contribution is 2.25. The second kappa shape index (κ2) is 8.12. The molecule has 3 aromatic rings. The average Bonchev–Trinajstić information content (AvgIpc) is 3.26. The Morgan fingerprint density at radius 1 is 1.20 bits per heavy atom. The van der Waals surface area contributed by atoms with Crippen molar-refractivity contribution < 1.29 is 9.21 Å². The molecule has 0 aliphatic rings. The van der Waals surface area contributed by atoms with Crippen molar-refractivity contribution in [1.29, 1.82) is 0 Å². The number of hydrogen-bond donors (Lipinski definition) is 1. The molecular weight excluding hydrogens is 332 g/mol. The molecule has 1 amide bonds. The molecule has 0 bridgehead atoms. The summed E-state index contributed by atoms with van der Waals surface area (Å²) in [5.41, 5.74) is 1.91. The number of amides is 1. The Labute approximate surface area is 151 Å². The van der Waals surface area contributed by atoms with E-state index in [9.17, 15) is 4.79 Å². The van der Waals surface area contributed by atoms with Crippen LogP contribution in [0, 0.1) is 5.92 Å². The normalized spacial score (nSPS) is 12.3. The van der Waals surface area contributed by atoms with Crippen molar-refractivity contribution in [2.45, 2.75) is 32.7 Å². The number of nitrogens with one attached hydrogen (secondary N) is 1. The molecule has 25 heavy (non-hydrogen) atoms. The number of benzene rings is 1. The van der Waals surface area contributed by atoms with E-state index in [1.165, 1.54) is 11.3 Å². The van der Waals surface area contributed by atoms with Crippen LogP contribution in [0.1, 0.15) is 37.6 Å². The Kier molecular flexibility index (Phi) is 5.66. The molecule has 1 N–H and O–H groups in total. The van der Waals surface area contributed by atoms with Gasteiger partial charge in [-0.3, -0.25) is 4.79 Å². The Hall–Kier alpha value is -2.40. The van der Waals surface area contributed by atoms with Crippen LogP contribution in [0.25, 0.3) is 10.8 Å². The van der Waals surface area contributed by atoms with Gasteiger partial charge in [-0.25, -0.2) is 4.98 Å². The molecule has 130 valence electrons. The first-order valence-corrected chi connectivity index (χ1v) is 9.32. The molecule has 0 aliphatic carbocycles. The molecule has 3 rings (SSSR count). The minimum Gasteiger partial charge on any atom is -0.462 e. The monoisotopic (exact) mass is 354 g/mol. The smallest absolute Gasteiger partial charge is 0.226 e. The maximum atomic E-state index is 12.5. The highest BCUT2D eigenvalue weighted by atomic mass is 32.1. The second-order valence-corrected chi connectivity index (χ2v) is 7.32. The Morgan fingerprint density at radius 3 is 2.68 bits per heavy atom. The molecular formula is C20H22N2O2S. The fourth-order valence-corrected chi connectivity index (χ4v) is 3.53. The zero-order chi connectivity index (χ0) is 17.6. The molecule has 2 aromatic heterocycles. The first-order chi connectivity index (χ1) is 12.1. The van der Waals surface area contributed by atoms with Gasteiger partial charge in [-0.2, -0.15) is 0 Å². The summed E-state index contributed by atoms with van der Waals surface area (Å²) in [7, 11) is 0. The molecule has 0 saturated heterocycles. The van der Waals surface area contributed by atoms with Crippen LogP contribution in [0.5, 0.6) is 0 Å². The van der Waals surface area contributed by atoms with E-state index in [0.29, 0.717) is 5.92 Å². The molecule has 0 fully saturated rings. The summed E-state index contributed by atoms with van der Waals surface area (Å²) in [6, 6.07) is 13.8. The molecule has 1 aromatic carbocycles. The summed E-state index contributed by atoms with van der Waals surface area (Å²) in [6.45, 7) is 4.33. The van der Waals surface area contributed by atoms with Crippen molar-refractivity contribution in [3.63, 3.8) is 0 Å². The highest BCUT2D eigenvalue weighted by molar-refractivity contribution is 7.13. The second-order valence-electron chi connectivity index (χ2n) is 6.46. The highest BCUT2D eigenvalue weighted by Gasteiger charge is 2.17. The number of hydrogen-bond acceptors (Lipinski definition) is 4. The molecule has 0 radical (unpaired) electrons. The predicted octanol–water partition coefficient (Wildman–Crippen LogP) is 4.85. The first kappa shape index (κ1) is 17.4. The maximum absolute atomic E-state index is 12.5. The van der Waals surface area contributed by atoms with Gasteiger partial charge in [-0.05, 0) is 30.0 Å². The van der Waals surface area contributed by atoms with Gasteiger partial charge < -0.3 is 9.73 Å². The lowest BCUT2D eigenvalue weighted by Gasteiger charge is -2.21. The van der Waals surface area contributed by atoms with Crippen LogP contribution < -0.4 is 5.32 Å². The lowest BCUT2D eigenvalue weighted by Crippen LogP contribution is -2.30. The van der Waals surface area contributed by atoms with Crippen molar-refractivity contribution in [3.05, 3.63) is 65.4 Å². The van der Waals surface area contributed by atoms with Crippen molar-refractivity contribution in [3.8, 4) is 10.8 Å². The topological polar surface area (TPSA) is 55.1 Å². The van der Waals surface area contributed by atoms with Crippen molar-refractivity contribution in [2.75, 3.05) is 0 Å². The van der Waals surface area contributed by atoms with Gasteiger partial charge >= 0.3 is 0 Å². The van der Waals surface area contributed by atoms with Crippen LogP contribution >= 0.6 is 11.3 Å². The molecule has 1 unspecified atom stereocenters. The number of nitrogens with zero attached hydrogens (tertiary/aromatic N) is 1. The van der Waals surface area contributed by atoms with E-state index in [0.717, 1.165) is 28.4 Å². The predicted molar refractivity (Wildman–Crippen MR) is 100 cm³/mol. The SMILES string of the molecule is CC(C)CC(NC(=O)Cc1csc(-c2ccco2)n1)c1ccccc1. The summed E-state index contributed by atoms with van der Waals surface area (Å²) >= 11 is 1.49. The van der Waals surface area contributed by atoms with Crippen molar-refractivity contribution >= 4 is 17.2 Å². The average molecular weight is 354 g/mol. The summed E-state index contributed by atoms with van der Waals surface area (Å²) < 4.78 is 5.35. The van der Waals surface area contributed by atoms with E-state index < -0.39 is 0 Å². The lowest BCUT2D eigenvalue weighted by molar-refractivity contribution is -0.121. The van der Waals surface area contributed by atoms with E-state index in [-0.39, 0.29) is 18.4 Å². The molecule has 0 saturated carbocycles. The van der Waals surface area contributed by atoms with Gasteiger partial charge in [0.25, 0.3) is 0 Å². The third-order valence-corrected chi connectivity index (χ3v) is 4.78. The lowest BCUT2D eigenvalue weighted by atomic mass is 9.97. The quantitative estimate of drug-likeness (QED) is 0.660. The van der Waals surface area contributed by atoms with E-state index in [2.05, 4.69) is 36.3 Å². The van der Waals surface area contributed by atoms with E-state index in [1.807, 2.05) is 35.7 Å². The van der Waals surface area contributed by atoms with Gasteiger partial charge in [0, 0.05) is 5.38 Å². The van der Waals surface area contributed by atoms with Gasteiger partial charge in [-0.15, -0.1) is 11.3 Å². The van der Waals surface area contributed by atoms with Gasteiger partial charge in [0.15, 0.2) is 10.8 Å². The molecule has 5 heteroatoms. The number of furan rings is 1. The Morgan fingerprint density at radius 2 is 2.00 bits per heavy atom. The molecule has 2 heterocycles. The zero-order valence-electron chi connectivity index (χ0n) is 14.4. The van der Waals surface area contributed by atoms with Crippen LogP contribution in [0.4, 0.5) is 0 Å². The van der Waals surface area contributed by atoms with Crippen LogP contribution in [0.2, 0.25) is 0 Å². The summed E-state index contributed by atoms with van der Waals surface area (Å²) in [6.07, 6.45) is 2.81. The summed E-state index contributed by atoms with van der Waals surface area (Å²) in [4.78, 5) is 17.0. The third-order valence-electron chi connectivity index (χ3n) is 3.87. The zero-order valence-corrected chi connectivity index (χ0v) is 15.3.